The van der Waals surface area contributed by atoms with Gasteiger partial charge in [0.15, 0.2) is 0 Å². The molecule has 1 heterocycles. The minimum Gasteiger partial charge on any atom is -0.303 e. The van der Waals surface area contributed by atoms with Gasteiger partial charge in [-0.3, -0.25) is 4.21 Å². The summed E-state index contributed by atoms with van der Waals surface area (Å²) in [5, 5.41) is 0.353. The molecule has 0 radical (unpaired) electrons. The van der Waals surface area contributed by atoms with E-state index in [1.807, 2.05) is 0 Å². The number of hydrogen-bond acceptors (Lipinski definition) is 2. The molecule has 0 spiro atoms. The molecule has 0 bridgehead atoms. The van der Waals surface area contributed by atoms with E-state index in [1.54, 1.807) is 6.26 Å². The summed E-state index contributed by atoms with van der Waals surface area (Å²) in [6.45, 7) is 7.87. The highest BCUT2D eigenvalue weighted by Gasteiger charge is 2.23. The first kappa shape index (κ1) is 12.1. The first-order valence-electron chi connectivity index (χ1n) is 5.43. The van der Waals surface area contributed by atoms with Gasteiger partial charge >= 0.3 is 0 Å². The van der Waals surface area contributed by atoms with Crippen molar-refractivity contribution in [2.75, 3.05) is 25.9 Å². The molecule has 1 atom stereocenters. The van der Waals surface area contributed by atoms with Crippen molar-refractivity contribution < 1.29 is 4.21 Å². The fourth-order valence-electron chi connectivity index (χ4n) is 2.11. The third-order valence-electron chi connectivity index (χ3n) is 2.86. The number of hydrogen-bond donors (Lipinski definition) is 0. The largest absolute Gasteiger partial charge is 0.303 e. The molecule has 0 aliphatic carbocycles. The van der Waals surface area contributed by atoms with E-state index in [-0.39, 0.29) is 0 Å². The quantitative estimate of drug-likeness (QED) is 0.667. The SMILES string of the molecule is C=S(C)(=O)C1CCN(CC(C)C)CC1. The summed E-state index contributed by atoms with van der Waals surface area (Å²) in [5.74, 6) is 4.52. The predicted octanol–water partition coefficient (Wildman–Crippen LogP) is 1.45. The number of likely N-dealkylation sites (tertiary alicyclic amines) is 1. The Morgan fingerprint density at radius 3 is 2.29 bits per heavy atom. The molecule has 3 heteroatoms. The lowest BCUT2D eigenvalue weighted by Crippen LogP contribution is -2.40. The Morgan fingerprint density at radius 1 is 1.43 bits per heavy atom. The van der Waals surface area contributed by atoms with Crippen LogP contribution >= 0.6 is 0 Å². The molecule has 0 aromatic rings. The van der Waals surface area contributed by atoms with Crippen molar-refractivity contribution in [3.63, 3.8) is 0 Å². The molecule has 0 N–H and O–H groups in total. The van der Waals surface area contributed by atoms with Gasteiger partial charge in [-0.1, -0.05) is 13.8 Å². The Balaban J connectivity index is 2.39. The zero-order chi connectivity index (χ0) is 10.8. The van der Waals surface area contributed by atoms with Crippen molar-refractivity contribution >= 4 is 15.4 Å². The molecular weight excluding hydrogens is 194 g/mol. The summed E-state index contributed by atoms with van der Waals surface area (Å²) in [5.41, 5.74) is 0. The molecule has 1 fully saturated rings. The highest BCUT2D eigenvalue weighted by molar-refractivity contribution is 8.00. The number of rotatable bonds is 3. The summed E-state index contributed by atoms with van der Waals surface area (Å²) in [6.07, 6.45) is 3.92. The van der Waals surface area contributed by atoms with Crippen molar-refractivity contribution in [3.8, 4) is 0 Å². The van der Waals surface area contributed by atoms with Gasteiger partial charge in [0, 0.05) is 18.1 Å². The highest BCUT2D eigenvalue weighted by atomic mass is 32.2. The smallest absolute Gasteiger partial charge is 0.0293 e. The number of nitrogens with zero attached hydrogens (tertiary/aromatic N) is 1. The molecule has 0 amide bonds. The van der Waals surface area contributed by atoms with Crippen LogP contribution in [0.5, 0.6) is 0 Å². The summed E-state index contributed by atoms with van der Waals surface area (Å²) in [7, 11) is -1.80. The van der Waals surface area contributed by atoms with Gasteiger partial charge in [0.25, 0.3) is 0 Å². The molecule has 0 aromatic heterocycles. The molecule has 14 heavy (non-hydrogen) atoms. The van der Waals surface area contributed by atoms with Crippen molar-refractivity contribution in [3.05, 3.63) is 0 Å². The van der Waals surface area contributed by atoms with E-state index in [0.29, 0.717) is 5.25 Å². The molecule has 2 nitrogen and oxygen atoms in total. The van der Waals surface area contributed by atoms with E-state index in [0.717, 1.165) is 31.8 Å². The lowest BCUT2D eigenvalue weighted by Gasteiger charge is -2.33. The summed E-state index contributed by atoms with van der Waals surface area (Å²) >= 11 is 0. The van der Waals surface area contributed by atoms with Crippen LogP contribution in [-0.4, -0.2) is 46.1 Å². The second-order valence-electron chi connectivity index (χ2n) is 4.97. The van der Waals surface area contributed by atoms with Crippen molar-refractivity contribution in [1.29, 1.82) is 0 Å². The Morgan fingerprint density at radius 2 is 1.93 bits per heavy atom. The van der Waals surface area contributed by atoms with E-state index in [4.69, 9.17) is 0 Å². The summed E-state index contributed by atoms with van der Waals surface area (Å²) < 4.78 is 11.7. The lowest BCUT2D eigenvalue weighted by atomic mass is 10.1. The zero-order valence-corrected chi connectivity index (χ0v) is 10.5. The Bertz CT molecular complexity index is 261. The van der Waals surface area contributed by atoms with Crippen LogP contribution in [0.25, 0.3) is 0 Å². The first-order valence-corrected chi connectivity index (χ1v) is 7.63. The van der Waals surface area contributed by atoms with Crippen molar-refractivity contribution in [1.82, 2.24) is 4.90 Å². The van der Waals surface area contributed by atoms with Crippen LogP contribution < -0.4 is 0 Å². The van der Waals surface area contributed by atoms with Crippen LogP contribution in [0.3, 0.4) is 0 Å². The fraction of sp³-hybridized carbons (Fsp3) is 0.909. The van der Waals surface area contributed by atoms with E-state index in [1.165, 1.54) is 6.54 Å². The number of piperidine rings is 1. The maximum atomic E-state index is 11.7. The highest BCUT2D eigenvalue weighted by Crippen LogP contribution is 2.17. The average molecular weight is 217 g/mol. The Labute approximate surface area is 88.7 Å². The van der Waals surface area contributed by atoms with E-state index in [9.17, 15) is 4.21 Å². The lowest BCUT2D eigenvalue weighted by molar-refractivity contribution is 0.208. The summed E-state index contributed by atoms with van der Waals surface area (Å²) in [6, 6.07) is 0. The minimum absolute atomic E-state index is 0.353. The molecule has 0 saturated carbocycles. The molecule has 1 saturated heterocycles. The van der Waals surface area contributed by atoms with Crippen LogP contribution in [0.4, 0.5) is 0 Å². The molecule has 1 aliphatic rings. The van der Waals surface area contributed by atoms with Crippen LogP contribution in [-0.2, 0) is 9.52 Å². The van der Waals surface area contributed by atoms with Gasteiger partial charge in [-0.15, -0.1) is 0 Å². The van der Waals surface area contributed by atoms with Crippen LogP contribution in [0.15, 0.2) is 0 Å². The van der Waals surface area contributed by atoms with E-state index >= 15 is 0 Å². The molecule has 1 rings (SSSR count). The first-order chi connectivity index (χ1) is 6.39. The zero-order valence-electron chi connectivity index (χ0n) is 9.66. The average Bonchev–Trinajstić information content (AvgIpc) is 2.02. The maximum absolute atomic E-state index is 11.7. The van der Waals surface area contributed by atoms with E-state index < -0.39 is 9.52 Å². The van der Waals surface area contributed by atoms with Crippen molar-refractivity contribution in [2.24, 2.45) is 5.92 Å². The summed E-state index contributed by atoms with van der Waals surface area (Å²) in [4.78, 5) is 2.48. The van der Waals surface area contributed by atoms with Gasteiger partial charge in [-0.2, -0.15) is 0 Å². The second-order valence-corrected chi connectivity index (χ2v) is 7.78. The Hall–Kier alpha value is -0.0200. The van der Waals surface area contributed by atoms with Crippen molar-refractivity contribution in [2.45, 2.75) is 31.9 Å². The predicted molar refractivity (Wildman–Crippen MR) is 65.5 cm³/mol. The van der Waals surface area contributed by atoms with Crippen LogP contribution in [0.1, 0.15) is 26.7 Å². The second kappa shape index (κ2) is 4.67. The van der Waals surface area contributed by atoms with Gasteiger partial charge in [-0.25, -0.2) is 0 Å². The van der Waals surface area contributed by atoms with Gasteiger partial charge in [0.1, 0.15) is 0 Å². The minimum atomic E-state index is -1.80. The van der Waals surface area contributed by atoms with Gasteiger partial charge in [-0.05, 0) is 47.2 Å². The maximum Gasteiger partial charge on any atom is 0.0293 e. The molecule has 1 aliphatic heterocycles. The third-order valence-corrected chi connectivity index (χ3v) is 4.74. The Kier molecular flexibility index (Phi) is 4.02. The van der Waals surface area contributed by atoms with Gasteiger partial charge in [0.05, 0.1) is 0 Å². The topological polar surface area (TPSA) is 20.3 Å². The van der Waals surface area contributed by atoms with Gasteiger partial charge < -0.3 is 4.90 Å². The third kappa shape index (κ3) is 3.62. The normalized spacial score (nSPS) is 25.1. The van der Waals surface area contributed by atoms with Gasteiger partial charge in [0.2, 0.25) is 0 Å². The van der Waals surface area contributed by atoms with Crippen LogP contribution in [0.2, 0.25) is 0 Å². The molecule has 0 aromatic carbocycles. The standard InChI is InChI=1S/C11H23NOS/c1-10(2)9-12-7-5-11(6-8-12)14(3,4)13/h10-11H,3,5-9H2,1-2,4H3. The molecule has 84 valence electrons. The molecular formula is C11H23NOS. The molecule has 1 unspecified atom stereocenters. The monoisotopic (exact) mass is 217 g/mol. The van der Waals surface area contributed by atoms with E-state index in [2.05, 4.69) is 24.6 Å². The van der Waals surface area contributed by atoms with Crippen LogP contribution in [0, 0.1) is 5.92 Å². The fourth-order valence-corrected chi connectivity index (χ4v) is 3.31.